The van der Waals surface area contributed by atoms with Gasteiger partial charge >= 0.3 is 0 Å². The van der Waals surface area contributed by atoms with Crippen LogP contribution in [0.15, 0.2) is 18.5 Å². The molecular formula is C10H15N3. The number of nitrogens with zero attached hydrogens (tertiary/aromatic N) is 3. The van der Waals surface area contributed by atoms with Gasteiger partial charge in [0.1, 0.15) is 6.33 Å². The molecule has 0 N–H and O–H groups in total. The van der Waals surface area contributed by atoms with Crippen LogP contribution >= 0.6 is 0 Å². The summed E-state index contributed by atoms with van der Waals surface area (Å²) < 4.78 is 1.89. The fraction of sp³-hybridized carbons (Fsp3) is 0.400. The molecule has 13 heavy (non-hydrogen) atoms. The first kappa shape index (κ1) is 9.71. The molecule has 0 aliphatic rings. The first-order chi connectivity index (χ1) is 6.29. The van der Waals surface area contributed by atoms with E-state index in [2.05, 4.69) is 10.1 Å². The second-order valence-electron chi connectivity index (χ2n) is 2.62. The Bertz CT molecular complexity index is 390. The summed E-state index contributed by atoms with van der Waals surface area (Å²) in [6.07, 6.45) is 1.58. The maximum absolute atomic E-state index is 4.11. The van der Waals surface area contributed by atoms with Gasteiger partial charge in [-0.3, -0.25) is 0 Å². The lowest BCUT2D eigenvalue weighted by atomic mass is 10.4. The molecule has 2 aromatic rings. The average Bonchev–Trinajstić information content (AvgIpc) is 2.53. The Morgan fingerprint density at radius 3 is 2.46 bits per heavy atom. The Morgan fingerprint density at radius 2 is 1.85 bits per heavy atom. The zero-order valence-electron chi connectivity index (χ0n) is 8.57. The monoisotopic (exact) mass is 177 g/mol. The normalized spacial score (nSPS) is 9.54. The van der Waals surface area contributed by atoms with E-state index in [0.29, 0.717) is 0 Å². The zero-order valence-corrected chi connectivity index (χ0v) is 8.57. The highest BCUT2D eigenvalue weighted by atomic mass is 15.2. The van der Waals surface area contributed by atoms with Gasteiger partial charge in [0.25, 0.3) is 0 Å². The molecule has 0 bridgehead atoms. The molecule has 0 aliphatic heterocycles. The lowest BCUT2D eigenvalue weighted by molar-refractivity contribution is 0.859. The van der Waals surface area contributed by atoms with E-state index in [1.807, 2.05) is 44.3 Å². The summed E-state index contributed by atoms with van der Waals surface area (Å²) in [6, 6.07) is 4.07. The van der Waals surface area contributed by atoms with E-state index in [9.17, 15) is 0 Å². The molecule has 0 aromatic carbocycles. The fourth-order valence-corrected chi connectivity index (χ4v) is 1.19. The highest BCUT2D eigenvalue weighted by Gasteiger charge is 1.99. The number of hydrogen-bond donors (Lipinski definition) is 0. The lowest BCUT2D eigenvalue weighted by Gasteiger charge is -1.96. The third-order valence-electron chi connectivity index (χ3n) is 1.83. The zero-order chi connectivity index (χ0) is 9.84. The van der Waals surface area contributed by atoms with Crippen LogP contribution < -0.4 is 0 Å². The van der Waals surface area contributed by atoms with Crippen LogP contribution in [0.4, 0.5) is 0 Å². The van der Waals surface area contributed by atoms with Crippen molar-refractivity contribution in [3.8, 4) is 0 Å². The van der Waals surface area contributed by atoms with Crippen LogP contribution in [0.2, 0.25) is 0 Å². The van der Waals surface area contributed by atoms with E-state index in [0.717, 1.165) is 16.9 Å². The molecule has 3 nitrogen and oxygen atoms in total. The van der Waals surface area contributed by atoms with Crippen LogP contribution in [0, 0.1) is 13.8 Å². The van der Waals surface area contributed by atoms with Crippen molar-refractivity contribution in [2.75, 3.05) is 0 Å². The topological polar surface area (TPSA) is 30.2 Å². The second-order valence-corrected chi connectivity index (χ2v) is 2.62. The second kappa shape index (κ2) is 4.03. The highest BCUT2D eigenvalue weighted by Crippen LogP contribution is 2.08. The van der Waals surface area contributed by atoms with Crippen LogP contribution in [0.5, 0.6) is 0 Å². The number of aryl methyl sites for hydroxylation is 2. The molecular weight excluding hydrogens is 162 g/mol. The van der Waals surface area contributed by atoms with Gasteiger partial charge in [-0.1, -0.05) is 13.8 Å². The molecule has 0 amide bonds. The lowest BCUT2D eigenvalue weighted by Crippen LogP contribution is -1.96. The highest BCUT2D eigenvalue weighted by molar-refractivity contribution is 5.51. The average molecular weight is 177 g/mol. The minimum absolute atomic E-state index is 1.02. The molecule has 0 fully saturated rings. The van der Waals surface area contributed by atoms with Crippen molar-refractivity contribution >= 4 is 5.52 Å². The molecule has 70 valence electrons. The largest absolute Gasteiger partial charge is 0.238 e. The van der Waals surface area contributed by atoms with Gasteiger partial charge in [0.2, 0.25) is 0 Å². The van der Waals surface area contributed by atoms with Crippen LogP contribution in [-0.2, 0) is 0 Å². The van der Waals surface area contributed by atoms with E-state index < -0.39 is 0 Å². The maximum Gasteiger partial charge on any atom is 0.136 e. The fourth-order valence-electron chi connectivity index (χ4n) is 1.19. The van der Waals surface area contributed by atoms with Crippen molar-refractivity contribution < 1.29 is 0 Å². The van der Waals surface area contributed by atoms with Gasteiger partial charge in [-0.05, 0) is 26.0 Å². The Balaban J connectivity index is 0.000000396. The molecule has 0 unspecified atom stereocenters. The Hall–Kier alpha value is -1.38. The molecule has 2 aromatic heterocycles. The molecule has 0 atom stereocenters. The van der Waals surface area contributed by atoms with Gasteiger partial charge in [0.05, 0.1) is 11.2 Å². The summed E-state index contributed by atoms with van der Waals surface area (Å²) in [5.74, 6) is 0. The van der Waals surface area contributed by atoms with Crippen molar-refractivity contribution in [2.45, 2.75) is 27.7 Å². The van der Waals surface area contributed by atoms with Crippen molar-refractivity contribution in [1.29, 1.82) is 0 Å². The smallest absolute Gasteiger partial charge is 0.136 e. The molecule has 0 radical (unpaired) electrons. The van der Waals surface area contributed by atoms with Crippen molar-refractivity contribution in [2.24, 2.45) is 0 Å². The van der Waals surface area contributed by atoms with Gasteiger partial charge in [-0.2, -0.15) is 5.10 Å². The summed E-state index contributed by atoms with van der Waals surface area (Å²) >= 11 is 0. The van der Waals surface area contributed by atoms with Crippen molar-refractivity contribution in [1.82, 2.24) is 14.6 Å². The Labute approximate surface area is 78.4 Å². The molecule has 2 heterocycles. The standard InChI is InChI=1S/C8H9N3.C2H6/c1-6-3-4-8-7(2)9-5-10-11(6)8;1-2/h3-5H,1-2H3;1-2H3. The SMILES string of the molecule is CC.Cc1ncnn2c(C)ccc12. The summed E-state index contributed by atoms with van der Waals surface area (Å²) in [6.45, 7) is 8.01. The first-order valence-corrected chi connectivity index (χ1v) is 4.55. The van der Waals surface area contributed by atoms with Crippen LogP contribution in [0.1, 0.15) is 25.2 Å². The van der Waals surface area contributed by atoms with Crippen LogP contribution in [-0.4, -0.2) is 14.6 Å². The van der Waals surface area contributed by atoms with Crippen LogP contribution in [0.25, 0.3) is 5.52 Å². The quantitative estimate of drug-likeness (QED) is 0.618. The van der Waals surface area contributed by atoms with Crippen molar-refractivity contribution in [3.05, 3.63) is 29.8 Å². The minimum atomic E-state index is 1.02. The van der Waals surface area contributed by atoms with Crippen molar-refractivity contribution in [3.63, 3.8) is 0 Å². The van der Waals surface area contributed by atoms with E-state index in [-0.39, 0.29) is 0 Å². The van der Waals surface area contributed by atoms with E-state index >= 15 is 0 Å². The third-order valence-corrected chi connectivity index (χ3v) is 1.83. The minimum Gasteiger partial charge on any atom is -0.238 e. The number of hydrogen-bond acceptors (Lipinski definition) is 2. The third kappa shape index (κ3) is 1.69. The predicted molar refractivity (Wildman–Crippen MR) is 53.8 cm³/mol. The molecule has 2 rings (SSSR count). The first-order valence-electron chi connectivity index (χ1n) is 4.55. The van der Waals surface area contributed by atoms with Crippen LogP contribution in [0.3, 0.4) is 0 Å². The maximum atomic E-state index is 4.11. The van der Waals surface area contributed by atoms with E-state index in [4.69, 9.17) is 0 Å². The summed E-state index contributed by atoms with van der Waals surface area (Å²) in [4.78, 5) is 4.09. The Kier molecular flexibility index (Phi) is 3.01. The summed E-state index contributed by atoms with van der Waals surface area (Å²) in [5, 5.41) is 4.11. The van der Waals surface area contributed by atoms with Gasteiger partial charge in [-0.25, -0.2) is 9.50 Å². The Morgan fingerprint density at radius 1 is 1.15 bits per heavy atom. The number of rotatable bonds is 0. The summed E-state index contributed by atoms with van der Waals surface area (Å²) in [7, 11) is 0. The van der Waals surface area contributed by atoms with E-state index in [1.54, 1.807) is 6.33 Å². The molecule has 0 saturated heterocycles. The van der Waals surface area contributed by atoms with Gasteiger partial charge < -0.3 is 0 Å². The summed E-state index contributed by atoms with van der Waals surface area (Å²) in [5.41, 5.74) is 3.25. The molecule has 0 spiro atoms. The van der Waals surface area contributed by atoms with E-state index in [1.165, 1.54) is 0 Å². The van der Waals surface area contributed by atoms with Gasteiger partial charge in [-0.15, -0.1) is 0 Å². The molecule has 3 heteroatoms. The molecule has 0 saturated carbocycles. The van der Waals surface area contributed by atoms with Gasteiger partial charge in [0.15, 0.2) is 0 Å². The number of fused-ring (bicyclic) bond motifs is 1. The number of aromatic nitrogens is 3. The van der Waals surface area contributed by atoms with Gasteiger partial charge in [0, 0.05) is 5.69 Å². The molecule has 0 aliphatic carbocycles. The predicted octanol–water partition coefficient (Wildman–Crippen LogP) is 2.37.